The van der Waals surface area contributed by atoms with Crippen LogP contribution in [0, 0.1) is 0 Å². The minimum Gasteiger partial charge on any atom is -0.481 e. The highest BCUT2D eigenvalue weighted by Crippen LogP contribution is 2.36. The molecule has 112 valence electrons. The lowest BCUT2D eigenvalue weighted by Gasteiger charge is -2.15. The van der Waals surface area contributed by atoms with Gasteiger partial charge in [-0.3, -0.25) is 9.36 Å². The number of rotatable bonds is 5. The third-order valence-electron chi connectivity index (χ3n) is 2.69. The van der Waals surface area contributed by atoms with Crippen molar-refractivity contribution < 1.29 is 9.90 Å². The number of halogens is 3. The molecular weight excluding hydrogens is 488 g/mol. The highest BCUT2D eigenvalue weighted by Gasteiger charge is 2.17. The standard InChI is InChI=1S/C13H11Br3N2O2S/c1-2-8-5-17-13(21-6-11(19)20)18(8)12-9(15)3-7(14)4-10(12)16/h3-5H,2,6H2,1H3,(H,19,20). The van der Waals surface area contributed by atoms with Gasteiger partial charge in [0, 0.05) is 25.3 Å². The van der Waals surface area contributed by atoms with E-state index in [1.807, 2.05) is 23.6 Å². The highest BCUT2D eigenvalue weighted by molar-refractivity contribution is 9.11. The number of aromatic nitrogens is 2. The molecule has 2 rings (SSSR count). The number of aliphatic carboxylic acids is 1. The number of imidazole rings is 1. The lowest BCUT2D eigenvalue weighted by molar-refractivity contribution is -0.133. The Bertz CT molecular complexity index is 665. The van der Waals surface area contributed by atoms with Gasteiger partial charge >= 0.3 is 5.97 Å². The van der Waals surface area contributed by atoms with Gasteiger partial charge in [0.25, 0.3) is 0 Å². The molecule has 0 unspecified atom stereocenters. The van der Waals surface area contributed by atoms with Crippen molar-refractivity contribution in [3.63, 3.8) is 0 Å². The smallest absolute Gasteiger partial charge is 0.313 e. The molecule has 1 aromatic carbocycles. The van der Waals surface area contributed by atoms with E-state index in [1.54, 1.807) is 6.20 Å². The molecule has 1 heterocycles. The Morgan fingerprint density at radius 1 is 1.33 bits per heavy atom. The molecule has 1 aromatic heterocycles. The molecule has 8 heteroatoms. The second-order valence-corrected chi connectivity index (χ2v) is 7.69. The van der Waals surface area contributed by atoms with E-state index >= 15 is 0 Å². The molecule has 0 radical (unpaired) electrons. The third kappa shape index (κ3) is 3.91. The van der Waals surface area contributed by atoms with Crippen molar-refractivity contribution in [3.8, 4) is 5.69 Å². The van der Waals surface area contributed by atoms with Crippen LogP contribution in [0.1, 0.15) is 12.6 Å². The third-order valence-corrected chi connectivity index (χ3v) is 5.30. The zero-order valence-electron chi connectivity index (χ0n) is 10.9. The lowest BCUT2D eigenvalue weighted by Crippen LogP contribution is -2.05. The number of hydrogen-bond acceptors (Lipinski definition) is 3. The van der Waals surface area contributed by atoms with E-state index in [0.717, 1.165) is 31.2 Å². The highest BCUT2D eigenvalue weighted by atomic mass is 79.9. The molecule has 21 heavy (non-hydrogen) atoms. The first-order chi connectivity index (χ1) is 9.93. The van der Waals surface area contributed by atoms with Crippen molar-refractivity contribution in [1.29, 1.82) is 0 Å². The average molecular weight is 499 g/mol. The second-order valence-electron chi connectivity index (χ2n) is 4.12. The minimum atomic E-state index is -0.860. The lowest BCUT2D eigenvalue weighted by atomic mass is 10.3. The molecular formula is C13H11Br3N2O2S. The Hall–Kier alpha value is -0.310. The predicted octanol–water partition coefficient (Wildman–Crippen LogP) is 4.90. The Balaban J connectivity index is 2.56. The quantitative estimate of drug-likeness (QED) is 0.596. The maximum Gasteiger partial charge on any atom is 0.313 e. The van der Waals surface area contributed by atoms with E-state index in [2.05, 4.69) is 52.8 Å². The molecule has 0 atom stereocenters. The first-order valence-electron chi connectivity index (χ1n) is 6.00. The van der Waals surface area contributed by atoms with E-state index < -0.39 is 5.97 Å². The average Bonchev–Trinajstić information content (AvgIpc) is 2.78. The molecule has 2 aromatic rings. The summed E-state index contributed by atoms with van der Waals surface area (Å²) in [4.78, 5) is 15.1. The van der Waals surface area contributed by atoms with Crippen LogP contribution in [0.3, 0.4) is 0 Å². The second kappa shape index (κ2) is 7.30. The van der Waals surface area contributed by atoms with Crippen LogP contribution >= 0.6 is 59.6 Å². The van der Waals surface area contributed by atoms with Gasteiger partial charge in [0.1, 0.15) is 0 Å². The summed E-state index contributed by atoms with van der Waals surface area (Å²) >= 11 is 11.8. The molecule has 0 saturated carbocycles. The van der Waals surface area contributed by atoms with Crippen molar-refractivity contribution in [2.24, 2.45) is 0 Å². The number of carboxylic acids is 1. The normalized spacial score (nSPS) is 10.9. The number of aryl methyl sites for hydroxylation is 1. The molecule has 4 nitrogen and oxygen atoms in total. The molecule has 0 fully saturated rings. The summed E-state index contributed by atoms with van der Waals surface area (Å²) in [5.41, 5.74) is 1.94. The Morgan fingerprint density at radius 3 is 2.48 bits per heavy atom. The van der Waals surface area contributed by atoms with Crippen LogP contribution in [0.25, 0.3) is 5.69 Å². The summed E-state index contributed by atoms with van der Waals surface area (Å²) in [6, 6.07) is 3.90. The van der Waals surface area contributed by atoms with Gasteiger partial charge in [-0.05, 0) is 50.4 Å². The number of hydrogen-bond donors (Lipinski definition) is 1. The fourth-order valence-corrected chi connectivity index (χ4v) is 5.16. The Labute approximate surface area is 151 Å². The van der Waals surface area contributed by atoms with E-state index in [9.17, 15) is 4.79 Å². The van der Waals surface area contributed by atoms with Gasteiger partial charge in [0.2, 0.25) is 0 Å². The van der Waals surface area contributed by atoms with Gasteiger partial charge < -0.3 is 5.11 Å². The van der Waals surface area contributed by atoms with Crippen LogP contribution in [-0.4, -0.2) is 26.4 Å². The summed E-state index contributed by atoms with van der Waals surface area (Å²) < 4.78 is 4.72. The van der Waals surface area contributed by atoms with Gasteiger partial charge in [-0.1, -0.05) is 34.6 Å². The van der Waals surface area contributed by atoms with Crippen molar-refractivity contribution >= 4 is 65.5 Å². The van der Waals surface area contributed by atoms with E-state index in [0.29, 0.717) is 5.16 Å². The molecule has 0 saturated heterocycles. The van der Waals surface area contributed by atoms with Gasteiger partial charge in [0.15, 0.2) is 5.16 Å². The number of benzene rings is 1. The zero-order valence-corrected chi connectivity index (χ0v) is 16.5. The molecule has 0 aliphatic heterocycles. The van der Waals surface area contributed by atoms with Crippen LogP contribution < -0.4 is 0 Å². The van der Waals surface area contributed by atoms with Crippen LogP contribution in [0.5, 0.6) is 0 Å². The van der Waals surface area contributed by atoms with Crippen molar-refractivity contribution in [2.45, 2.75) is 18.5 Å². The van der Waals surface area contributed by atoms with Crippen LogP contribution in [0.2, 0.25) is 0 Å². The van der Waals surface area contributed by atoms with Crippen LogP contribution in [-0.2, 0) is 11.2 Å². The number of thioether (sulfide) groups is 1. The van der Waals surface area contributed by atoms with Crippen LogP contribution in [0.4, 0.5) is 0 Å². The largest absolute Gasteiger partial charge is 0.481 e. The van der Waals surface area contributed by atoms with Crippen molar-refractivity contribution in [1.82, 2.24) is 9.55 Å². The number of nitrogens with zero attached hydrogens (tertiary/aromatic N) is 2. The van der Waals surface area contributed by atoms with Crippen LogP contribution in [0.15, 0.2) is 36.9 Å². The first kappa shape index (κ1) is 17.1. The maximum atomic E-state index is 10.8. The van der Waals surface area contributed by atoms with Crippen molar-refractivity contribution in [2.75, 3.05) is 5.75 Å². The maximum absolute atomic E-state index is 10.8. The van der Waals surface area contributed by atoms with E-state index in [4.69, 9.17) is 5.11 Å². The molecule has 0 bridgehead atoms. The summed E-state index contributed by atoms with van der Waals surface area (Å²) in [6.07, 6.45) is 2.58. The number of carboxylic acid groups (broad SMARTS) is 1. The molecule has 0 aliphatic rings. The van der Waals surface area contributed by atoms with Gasteiger partial charge in [-0.2, -0.15) is 0 Å². The Kier molecular flexibility index (Phi) is 5.93. The monoisotopic (exact) mass is 496 g/mol. The minimum absolute atomic E-state index is 0.0219. The van der Waals surface area contributed by atoms with Crippen molar-refractivity contribution in [3.05, 3.63) is 37.4 Å². The van der Waals surface area contributed by atoms with E-state index in [1.165, 1.54) is 11.8 Å². The van der Waals surface area contributed by atoms with Gasteiger partial charge in [-0.25, -0.2) is 4.98 Å². The molecule has 0 spiro atoms. The van der Waals surface area contributed by atoms with E-state index in [-0.39, 0.29) is 5.75 Å². The summed E-state index contributed by atoms with van der Waals surface area (Å²) in [5.74, 6) is -0.882. The van der Waals surface area contributed by atoms with Gasteiger partial charge in [-0.15, -0.1) is 0 Å². The first-order valence-corrected chi connectivity index (χ1v) is 9.36. The molecule has 0 amide bonds. The SMILES string of the molecule is CCc1cnc(SCC(=O)O)n1-c1c(Br)cc(Br)cc1Br. The summed E-state index contributed by atoms with van der Waals surface area (Å²) in [6.45, 7) is 2.04. The fourth-order valence-electron chi connectivity index (χ4n) is 1.83. The van der Waals surface area contributed by atoms with Gasteiger partial charge in [0.05, 0.1) is 11.4 Å². The molecule has 1 N–H and O–H groups in total. The predicted molar refractivity (Wildman–Crippen MR) is 94.4 cm³/mol. The fraction of sp³-hybridized carbons (Fsp3) is 0.231. The Morgan fingerprint density at radius 2 is 1.95 bits per heavy atom. The topological polar surface area (TPSA) is 55.1 Å². The summed E-state index contributed by atoms with van der Waals surface area (Å²) in [7, 11) is 0. The number of carbonyl (C=O) groups is 1. The summed E-state index contributed by atoms with van der Waals surface area (Å²) in [5, 5.41) is 9.53. The molecule has 0 aliphatic carbocycles. The zero-order chi connectivity index (χ0) is 15.6.